The molecule has 0 aromatic carbocycles. The predicted molar refractivity (Wildman–Crippen MR) is 72.4 cm³/mol. The zero-order valence-corrected chi connectivity index (χ0v) is 11.7. The summed E-state index contributed by atoms with van der Waals surface area (Å²) in [4.78, 5) is 0. The first kappa shape index (κ1) is 13.7. The normalized spacial score (nSPS) is 31.4. The van der Waals surface area contributed by atoms with Gasteiger partial charge in [0, 0.05) is 25.7 Å². The molecule has 3 atom stereocenters. The second-order valence-electron chi connectivity index (χ2n) is 5.61. The fourth-order valence-electron chi connectivity index (χ4n) is 3.09. The third-order valence-electron chi connectivity index (χ3n) is 4.32. The minimum absolute atomic E-state index is 0.116. The summed E-state index contributed by atoms with van der Waals surface area (Å²) >= 11 is 0. The lowest BCUT2D eigenvalue weighted by Crippen LogP contribution is -2.43. The van der Waals surface area contributed by atoms with Crippen LogP contribution >= 0.6 is 0 Å². The Morgan fingerprint density at radius 2 is 2.30 bits per heavy atom. The Hall–Kier alpha value is -1.24. The van der Waals surface area contributed by atoms with Crippen molar-refractivity contribution in [3.63, 3.8) is 0 Å². The maximum atomic E-state index is 6.37. The monoisotopic (exact) mass is 279 g/mol. The van der Waals surface area contributed by atoms with Gasteiger partial charge in [-0.2, -0.15) is 5.10 Å². The van der Waals surface area contributed by atoms with E-state index in [9.17, 15) is 0 Å². The fraction of sp³-hybridized carbons (Fsp3) is 0.714. The van der Waals surface area contributed by atoms with Crippen LogP contribution in [0.5, 0.6) is 5.88 Å². The zero-order chi connectivity index (χ0) is 14.0. The molecule has 2 fully saturated rings. The van der Waals surface area contributed by atoms with Crippen LogP contribution in [-0.2, 0) is 9.47 Å². The molecule has 2 N–H and O–H groups in total. The smallest absolute Gasteiger partial charge is 0.233 e. The Morgan fingerprint density at radius 1 is 1.40 bits per heavy atom. The Morgan fingerprint density at radius 3 is 2.95 bits per heavy atom. The fourth-order valence-corrected chi connectivity index (χ4v) is 3.09. The van der Waals surface area contributed by atoms with Crippen LogP contribution in [-0.4, -0.2) is 42.7 Å². The van der Waals surface area contributed by atoms with Crippen LogP contribution in [0.2, 0.25) is 0 Å². The Kier molecular flexibility index (Phi) is 3.87. The van der Waals surface area contributed by atoms with Crippen molar-refractivity contribution >= 4 is 0 Å². The molecular formula is C14H21N3O3. The molecule has 0 bridgehead atoms. The maximum Gasteiger partial charge on any atom is 0.233 e. The Labute approximate surface area is 118 Å². The molecule has 2 aliphatic rings. The number of ether oxygens (including phenoxy) is 3. The second kappa shape index (κ2) is 5.63. The molecule has 1 spiro atoms. The highest BCUT2D eigenvalue weighted by molar-refractivity contribution is 5.15. The van der Waals surface area contributed by atoms with E-state index < -0.39 is 0 Å². The van der Waals surface area contributed by atoms with Crippen molar-refractivity contribution in [3.8, 4) is 5.88 Å². The third-order valence-corrected chi connectivity index (χ3v) is 4.32. The van der Waals surface area contributed by atoms with Crippen LogP contribution in [0, 0.1) is 5.92 Å². The van der Waals surface area contributed by atoms with Gasteiger partial charge in [-0.15, -0.1) is 5.10 Å². The Balaban J connectivity index is 1.70. The average molecular weight is 279 g/mol. The molecular weight excluding hydrogens is 258 g/mol. The van der Waals surface area contributed by atoms with Crippen molar-refractivity contribution < 1.29 is 14.2 Å². The number of hydrogen-bond acceptors (Lipinski definition) is 6. The number of aromatic nitrogens is 2. The van der Waals surface area contributed by atoms with Gasteiger partial charge in [0.1, 0.15) is 0 Å². The third kappa shape index (κ3) is 2.63. The van der Waals surface area contributed by atoms with Gasteiger partial charge >= 0.3 is 0 Å². The zero-order valence-electron chi connectivity index (χ0n) is 11.7. The van der Waals surface area contributed by atoms with Crippen molar-refractivity contribution in [3.05, 3.63) is 17.8 Å². The van der Waals surface area contributed by atoms with Gasteiger partial charge < -0.3 is 19.9 Å². The van der Waals surface area contributed by atoms with Crippen molar-refractivity contribution in [2.24, 2.45) is 11.7 Å². The summed E-state index contributed by atoms with van der Waals surface area (Å²) in [7, 11) is 1.58. The molecule has 20 heavy (non-hydrogen) atoms. The first-order valence-corrected chi connectivity index (χ1v) is 7.07. The van der Waals surface area contributed by atoms with Gasteiger partial charge in [-0.05, 0) is 24.8 Å². The number of nitrogens with zero attached hydrogens (tertiary/aromatic N) is 2. The van der Waals surface area contributed by atoms with Crippen molar-refractivity contribution in [1.82, 2.24) is 10.2 Å². The van der Waals surface area contributed by atoms with Gasteiger partial charge in [0.05, 0.1) is 31.1 Å². The quantitative estimate of drug-likeness (QED) is 0.891. The van der Waals surface area contributed by atoms with E-state index >= 15 is 0 Å². The second-order valence-corrected chi connectivity index (χ2v) is 5.61. The molecule has 0 aliphatic carbocycles. The lowest BCUT2D eigenvalue weighted by atomic mass is 9.80. The van der Waals surface area contributed by atoms with Crippen LogP contribution in [0.15, 0.2) is 12.1 Å². The largest absolute Gasteiger partial charge is 0.480 e. The highest BCUT2D eigenvalue weighted by Crippen LogP contribution is 2.39. The Bertz CT molecular complexity index is 445. The molecule has 0 radical (unpaired) electrons. The van der Waals surface area contributed by atoms with E-state index in [0.717, 1.165) is 38.2 Å². The van der Waals surface area contributed by atoms with E-state index in [-0.39, 0.29) is 11.6 Å². The molecule has 3 rings (SSSR count). The minimum atomic E-state index is -0.125. The van der Waals surface area contributed by atoms with Crippen LogP contribution < -0.4 is 10.5 Å². The molecule has 0 saturated carbocycles. The molecule has 6 nitrogen and oxygen atoms in total. The summed E-state index contributed by atoms with van der Waals surface area (Å²) in [6.45, 7) is 2.21. The van der Waals surface area contributed by atoms with E-state index in [1.165, 1.54) is 0 Å². The molecule has 3 heterocycles. The molecule has 110 valence electrons. The van der Waals surface area contributed by atoms with Gasteiger partial charge in [0.15, 0.2) is 0 Å². The summed E-state index contributed by atoms with van der Waals surface area (Å²) < 4.78 is 16.5. The van der Waals surface area contributed by atoms with Gasteiger partial charge in [-0.25, -0.2) is 0 Å². The first-order valence-electron chi connectivity index (χ1n) is 7.07. The standard InChI is InChI=1S/C14H21N3O3/c1-18-12-3-2-11(16-17-12)13(15)10-4-6-20-14(8-10)5-7-19-9-14/h2-3,10,13H,4-9,15H2,1H3. The summed E-state index contributed by atoms with van der Waals surface area (Å²) in [5.74, 6) is 0.863. The molecule has 1 aromatic heterocycles. The summed E-state index contributed by atoms with van der Waals surface area (Å²) in [5, 5.41) is 8.16. The van der Waals surface area contributed by atoms with Crippen molar-refractivity contribution in [1.29, 1.82) is 0 Å². The van der Waals surface area contributed by atoms with Crippen molar-refractivity contribution in [2.75, 3.05) is 26.9 Å². The number of hydrogen-bond donors (Lipinski definition) is 1. The van der Waals surface area contributed by atoms with Crippen LogP contribution in [0.25, 0.3) is 0 Å². The predicted octanol–water partition coefficient (Wildman–Crippen LogP) is 1.07. The highest BCUT2D eigenvalue weighted by atomic mass is 16.6. The molecule has 0 amide bonds. The minimum Gasteiger partial charge on any atom is -0.480 e. The molecule has 2 aliphatic heterocycles. The summed E-state index contributed by atoms with van der Waals surface area (Å²) in [6, 6.07) is 3.58. The molecule has 2 saturated heterocycles. The number of rotatable bonds is 3. The molecule has 1 aromatic rings. The molecule has 6 heteroatoms. The molecule has 3 unspecified atom stereocenters. The van der Waals surface area contributed by atoms with Crippen LogP contribution in [0.3, 0.4) is 0 Å². The highest BCUT2D eigenvalue weighted by Gasteiger charge is 2.42. The van der Waals surface area contributed by atoms with Crippen LogP contribution in [0.1, 0.15) is 31.0 Å². The topological polar surface area (TPSA) is 79.5 Å². The van der Waals surface area contributed by atoms with Gasteiger partial charge in [0.2, 0.25) is 5.88 Å². The summed E-state index contributed by atoms with van der Waals surface area (Å²) in [5.41, 5.74) is 7.06. The van der Waals surface area contributed by atoms with Crippen LogP contribution in [0.4, 0.5) is 0 Å². The van der Waals surface area contributed by atoms with Gasteiger partial charge in [-0.3, -0.25) is 0 Å². The average Bonchev–Trinajstić information content (AvgIpc) is 2.94. The van der Waals surface area contributed by atoms with E-state index in [1.54, 1.807) is 13.2 Å². The number of methoxy groups -OCH3 is 1. The van der Waals surface area contributed by atoms with Crippen molar-refractivity contribution in [2.45, 2.75) is 30.9 Å². The van der Waals surface area contributed by atoms with Gasteiger partial charge in [0.25, 0.3) is 0 Å². The SMILES string of the molecule is COc1ccc(C(N)C2CCOC3(CCOC3)C2)nn1. The lowest BCUT2D eigenvalue weighted by molar-refractivity contribution is -0.101. The van der Waals surface area contributed by atoms with E-state index in [1.807, 2.05) is 6.07 Å². The van der Waals surface area contributed by atoms with E-state index in [4.69, 9.17) is 19.9 Å². The maximum absolute atomic E-state index is 6.37. The van der Waals surface area contributed by atoms with E-state index in [0.29, 0.717) is 18.4 Å². The lowest BCUT2D eigenvalue weighted by Gasteiger charge is -2.39. The first-order chi connectivity index (χ1) is 9.72. The summed E-state index contributed by atoms with van der Waals surface area (Å²) in [6.07, 6.45) is 2.85. The van der Waals surface area contributed by atoms with Gasteiger partial charge in [-0.1, -0.05) is 0 Å². The van der Waals surface area contributed by atoms with E-state index in [2.05, 4.69) is 10.2 Å². The number of nitrogens with two attached hydrogens (primary N) is 1.